The van der Waals surface area contributed by atoms with Gasteiger partial charge in [0, 0.05) is 54.4 Å². The maximum Gasteiger partial charge on any atom is 0.320 e. The molecule has 0 spiro atoms. The van der Waals surface area contributed by atoms with Crippen LogP contribution in [-0.4, -0.2) is 40.1 Å². The Morgan fingerprint density at radius 2 is 1.97 bits per heavy atom. The number of aryl methyl sites for hydroxylation is 1. The van der Waals surface area contributed by atoms with Gasteiger partial charge in [-0.3, -0.25) is 14.9 Å². The number of hydrogen-bond acceptors (Lipinski definition) is 6. The number of anilines is 1. The highest BCUT2D eigenvalue weighted by Crippen LogP contribution is 2.35. The molecule has 0 fully saturated rings. The zero-order chi connectivity index (χ0) is 25.1. The van der Waals surface area contributed by atoms with Crippen molar-refractivity contribution in [1.29, 1.82) is 0 Å². The molecule has 0 atom stereocenters. The number of hydrogen-bond donors (Lipinski definition) is 3. The number of rotatable bonds is 6. The van der Waals surface area contributed by atoms with Crippen LogP contribution in [0.5, 0.6) is 0 Å². The van der Waals surface area contributed by atoms with E-state index < -0.39 is 17.9 Å². The third-order valence-electron chi connectivity index (χ3n) is 5.39. The molecule has 180 valence electrons. The van der Waals surface area contributed by atoms with E-state index in [0.717, 1.165) is 16.9 Å². The van der Waals surface area contributed by atoms with Crippen molar-refractivity contribution in [2.24, 2.45) is 0 Å². The third-order valence-corrected chi connectivity index (χ3v) is 6.24. The topological polar surface area (TPSA) is 118 Å². The molecule has 11 heteroatoms. The number of benzene rings is 1. The van der Waals surface area contributed by atoms with E-state index in [2.05, 4.69) is 25.9 Å². The molecular formula is C24H23FN6O3S. The van der Waals surface area contributed by atoms with E-state index in [1.807, 2.05) is 17.6 Å². The molecule has 0 aliphatic carbocycles. The molecule has 1 aromatic carbocycles. The maximum atomic E-state index is 13.8. The monoisotopic (exact) mass is 494 g/mol. The molecule has 0 saturated heterocycles. The number of nitrogens with one attached hydrogen (secondary N) is 3. The molecule has 3 heterocycles. The van der Waals surface area contributed by atoms with Crippen molar-refractivity contribution in [3.63, 3.8) is 0 Å². The molecule has 35 heavy (non-hydrogen) atoms. The fourth-order valence-corrected chi connectivity index (χ4v) is 4.44. The highest BCUT2D eigenvalue weighted by Gasteiger charge is 2.18. The van der Waals surface area contributed by atoms with Gasteiger partial charge in [0.25, 0.3) is 5.91 Å². The van der Waals surface area contributed by atoms with Crippen molar-refractivity contribution in [2.45, 2.75) is 20.4 Å². The van der Waals surface area contributed by atoms with Crippen molar-refractivity contribution < 1.29 is 14.0 Å². The quantitative estimate of drug-likeness (QED) is 0.376. The molecule has 0 radical (unpaired) electrons. The average Bonchev–Trinajstić information content (AvgIpc) is 3.30. The van der Waals surface area contributed by atoms with Crippen LogP contribution in [0.2, 0.25) is 0 Å². The maximum absolute atomic E-state index is 13.8. The molecule has 0 saturated carbocycles. The summed E-state index contributed by atoms with van der Waals surface area (Å²) in [7, 11) is 1.48. The molecule has 0 unspecified atom stereocenters. The first-order valence-electron chi connectivity index (χ1n) is 10.9. The number of nitrogens with zero attached hydrogens (tertiary/aromatic N) is 3. The Morgan fingerprint density at radius 3 is 2.63 bits per heavy atom. The summed E-state index contributed by atoms with van der Waals surface area (Å²) < 4.78 is 15.6. The van der Waals surface area contributed by atoms with Crippen LogP contribution in [0.25, 0.3) is 32.6 Å². The predicted molar refractivity (Wildman–Crippen MR) is 134 cm³/mol. The van der Waals surface area contributed by atoms with E-state index in [1.165, 1.54) is 12.4 Å². The molecule has 9 nitrogen and oxygen atoms in total. The van der Waals surface area contributed by atoms with E-state index in [4.69, 9.17) is 0 Å². The lowest BCUT2D eigenvalue weighted by Crippen LogP contribution is -2.28. The third kappa shape index (κ3) is 4.76. The van der Waals surface area contributed by atoms with E-state index in [0.29, 0.717) is 40.1 Å². The zero-order valence-corrected chi connectivity index (χ0v) is 20.1. The zero-order valence-electron chi connectivity index (χ0n) is 19.3. The van der Waals surface area contributed by atoms with Crippen molar-refractivity contribution in [3.8, 4) is 21.7 Å². The molecule has 0 aliphatic rings. The summed E-state index contributed by atoms with van der Waals surface area (Å²) in [5, 5.41) is 9.91. The van der Waals surface area contributed by atoms with Gasteiger partial charge in [-0.15, -0.1) is 11.3 Å². The summed E-state index contributed by atoms with van der Waals surface area (Å²) in [6.07, 6.45) is 3.12. The van der Waals surface area contributed by atoms with Gasteiger partial charge in [-0.25, -0.2) is 14.8 Å². The fraction of sp³-hybridized carbons (Fsp3) is 0.208. The van der Waals surface area contributed by atoms with Crippen LogP contribution in [0, 0.1) is 5.95 Å². The van der Waals surface area contributed by atoms with Crippen LogP contribution in [0.3, 0.4) is 0 Å². The molecule has 3 amide bonds. The number of thiazole rings is 1. The van der Waals surface area contributed by atoms with Crippen molar-refractivity contribution in [2.75, 3.05) is 18.9 Å². The minimum Gasteiger partial charge on any atom is -0.355 e. The van der Waals surface area contributed by atoms with Crippen molar-refractivity contribution >= 4 is 40.0 Å². The lowest BCUT2D eigenvalue weighted by atomic mass is 9.99. The van der Waals surface area contributed by atoms with Gasteiger partial charge in [-0.05, 0) is 37.6 Å². The van der Waals surface area contributed by atoms with Crippen LogP contribution < -0.4 is 21.4 Å². The Kier molecular flexibility index (Phi) is 6.87. The van der Waals surface area contributed by atoms with Gasteiger partial charge in [0.05, 0.1) is 5.52 Å². The number of carbonyl (C=O) groups excluding carboxylic acids is 2. The van der Waals surface area contributed by atoms with Crippen LogP contribution >= 0.6 is 11.3 Å². The van der Waals surface area contributed by atoms with Gasteiger partial charge in [0.2, 0.25) is 11.4 Å². The summed E-state index contributed by atoms with van der Waals surface area (Å²) in [6, 6.07) is 6.47. The van der Waals surface area contributed by atoms with Gasteiger partial charge < -0.3 is 15.2 Å². The normalized spacial score (nSPS) is 10.9. The van der Waals surface area contributed by atoms with E-state index in [1.54, 1.807) is 37.5 Å². The second-order valence-electron chi connectivity index (χ2n) is 7.54. The summed E-state index contributed by atoms with van der Waals surface area (Å²) in [5.74, 6) is -0.770. The molecule has 3 N–H and O–H groups in total. The van der Waals surface area contributed by atoms with Gasteiger partial charge >= 0.3 is 6.03 Å². The summed E-state index contributed by atoms with van der Waals surface area (Å²) in [5.41, 5.74) is 2.28. The number of urea groups is 1. The van der Waals surface area contributed by atoms with Gasteiger partial charge in [-0.2, -0.15) is 4.39 Å². The van der Waals surface area contributed by atoms with Crippen molar-refractivity contribution in [1.82, 2.24) is 25.2 Å². The largest absolute Gasteiger partial charge is 0.355 e. The standard InChI is InChI=1S/C24H23FN6O3S/c1-4-27-24(34)30-20-9-15(23-29-19(25)12-35-23)16(10-28-20)13-6-7-14-18(8-13)31(5-2)11-17(21(14)32)22(33)26-3/h6-12H,4-5H2,1-3H3,(H,26,33)(H2,27,28,30,34). The Balaban J connectivity index is 1.89. The smallest absolute Gasteiger partial charge is 0.320 e. The summed E-state index contributed by atoms with van der Waals surface area (Å²) >= 11 is 1.13. The van der Waals surface area contributed by atoms with Crippen molar-refractivity contribution in [3.05, 3.63) is 63.8 Å². The second-order valence-corrected chi connectivity index (χ2v) is 8.40. The van der Waals surface area contributed by atoms with Crippen LogP contribution in [0.4, 0.5) is 15.0 Å². The van der Waals surface area contributed by atoms with Gasteiger partial charge in [-0.1, -0.05) is 6.07 Å². The molecule has 4 aromatic rings. The minimum atomic E-state index is -0.605. The Labute approximate surface area is 204 Å². The molecule has 3 aromatic heterocycles. The number of carbonyl (C=O) groups is 2. The molecular weight excluding hydrogens is 471 g/mol. The van der Waals surface area contributed by atoms with Gasteiger partial charge in [0.1, 0.15) is 16.4 Å². The van der Waals surface area contributed by atoms with Crippen LogP contribution in [-0.2, 0) is 6.54 Å². The lowest BCUT2D eigenvalue weighted by Gasteiger charge is -2.14. The number of amides is 3. The lowest BCUT2D eigenvalue weighted by molar-refractivity contribution is 0.0961. The number of pyridine rings is 2. The SMILES string of the molecule is CCNC(=O)Nc1cc(-c2nc(F)cs2)c(-c2ccc3c(=O)c(C(=O)NC)cn(CC)c3c2)cn1. The van der Waals surface area contributed by atoms with E-state index in [9.17, 15) is 18.8 Å². The first-order chi connectivity index (χ1) is 16.9. The van der Waals surface area contributed by atoms with Crippen LogP contribution in [0.1, 0.15) is 24.2 Å². The Hall–Kier alpha value is -4.12. The van der Waals surface area contributed by atoms with Gasteiger partial charge in [0.15, 0.2) is 0 Å². The number of fused-ring (bicyclic) bond motifs is 1. The highest BCUT2D eigenvalue weighted by atomic mass is 32.1. The number of aromatic nitrogens is 3. The average molecular weight is 495 g/mol. The summed E-state index contributed by atoms with van der Waals surface area (Å²) in [4.78, 5) is 45.4. The molecule has 0 bridgehead atoms. The van der Waals surface area contributed by atoms with Crippen LogP contribution in [0.15, 0.2) is 46.8 Å². The first kappa shape index (κ1) is 24.0. The fourth-order valence-electron chi connectivity index (χ4n) is 3.75. The van der Waals surface area contributed by atoms with E-state index >= 15 is 0 Å². The highest BCUT2D eigenvalue weighted by molar-refractivity contribution is 7.13. The van der Waals surface area contributed by atoms with E-state index in [-0.39, 0.29) is 16.8 Å². The molecule has 4 rings (SSSR count). The Bertz CT molecular complexity index is 1500. The second kappa shape index (κ2) is 10.0. The predicted octanol–water partition coefficient (Wildman–Crippen LogP) is 3.85. The summed E-state index contributed by atoms with van der Waals surface area (Å²) in [6.45, 7) is 4.69. The minimum absolute atomic E-state index is 0.0657. The number of halogens is 1. The first-order valence-corrected chi connectivity index (χ1v) is 11.8. The molecule has 0 aliphatic heterocycles. The Morgan fingerprint density at radius 1 is 1.17 bits per heavy atom.